The molecule has 150 valence electrons. The van der Waals surface area contributed by atoms with Gasteiger partial charge in [0.25, 0.3) is 0 Å². The van der Waals surface area contributed by atoms with E-state index in [9.17, 15) is 4.79 Å². The van der Waals surface area contributed by atoms with Gasteiger partial charge in [-0.25, -0.2) is 0 Å². The number of rotatable bonds is 7. The molecule has 2 aliphatic rings. The topological polar surface area (TPSA) is 35.6 Å². The first-order chi connectivity index (χ1) is 13.1. The van der Waals surface area contributed by atoms with E-state index in [1.165, 1.54) is 44.1 Å². The number of benzene rings is 1. The molecule has 4 nitrogen and oxygen atoms in total. The second-order valence-electron chi connectivity index (χ2n) is 8.89. The van der Waals surface area contributed by atoms with Crippen molar-refractivity contribution in [3.05, 3.63) is 35.9 Å². The third-order valence-corrected chi connectivity index (χ3v) is 6.69. The van der Waals surface area contributed by atoms with E-state index in [1.54, 1.807) is 0 Å². The molecule has 0 unspecified atom stereocenters. The molecule has 1 aromatic rings. The largest absolute Gasteiger partial charge is 0.354 e. The van der Waals surface area contributed by atoms with E-state index < -0.39 is 0 Å². The zero-order chi connectivity index (χ0) is 19.1. The van der Waals surface area contributed by atoms with Crippen LogP contribution in [-0.4, -0.2) is 55.0 Å². The van der Waals surface area contributed by atoms with Gasteiger partial charge in [-0.2, -0.15) is 0 Å². The van der Waals surface area contributed by atoms with Crippen molar-refractivity contribution in [3.63, 3.8) is 0 Å². The molecular formula is C23H37N3O. The van der Waals surface area contributed by atoms with Crippen LogP contribution >= 0.6 is 0 Å². The summed E-state index contributed by atoms with van der Waals surface area (Å²) in [6.07, 6.45) is 9.46. The summed E-state index contributed by atoms with van der Waals surface area (Å²) >= 11 is 0. The second kappa shape index (κ2) is 9.70. The number of likely N-dealkylation sites (N-methyl/N-ethyl adjacent to an activating group) is 1. The van der Waals surface area contributed by atoms with Gasteiger partial charge in [-0.15, -0.1) is 0 Å². The normalized spacial score (nSPS) is 23.3. The number of hydrogen-bond acceptors (Lipinski definition) is 3. The first-order valence-electron chi connectivity index (χ1n) is 10.8. The molecule has 0 bridgehead atoms. The number of nitrogens with zero attached hydrogens (tertiary/aromatic N) is 2. The van der Waals surface area contributed by atoms with E-state index in [2.05, 4.69) is 59.5 Å². The van der Waals surface area contributed by atoms with Crippen LogP contribution in [0.25, 0.3) is 0 Å². The van der Waals surface area contributed by atoms with Gasteiger partial charge in [0.15, 0.2) is 0 Å². The summed E-state index contributed by atoms with van der Waals surface area (Å²) in [5.41, 5.74) is 1.52. The Balaban J connectivity index is 1.44. The second-order valence-corrected chi connectivity index (χ2v) is 8.89. The zero-order valence-corrected chi connectivity index (χ0v) is 17.3. The Bertz CT molecular complexity index is 579. The first kappa shape index (κ1) is 20.3. The van der Waals surface area contributed by atoms with Crippen LogP contribution in [0.2, 0.25) is 0 Å². The molecule has 1 N–H and O–H groups in total. The van der Waals surface area contributed by atoms with Gasteiger partial charge < -0.3 is 10.2 Å². The van der Waals surface area contributed by atoms with E-state index >= 15 is 0 Å². The molecule has 1 heterocycles. The lowest BCUT2D eigenvalue weighted by molar-refractivity contribution is -0.122. The molecule has 0 radical (unpaired) electrons. The van der Waals surface area contributed by atoms with Crippen LogP contribution in [-0.2, 0) is 11.3 Å². The maximum absolute atomic E-state index is 12.6. The Morgan fingerprint density at radius 2 is 1.85 bits per heavy atom. The first-order valence-corrected chi connectivity index (χ1v) is 10.8. The van der Waals surface area contributed by atoms with Crippen molar-refractivity contribution in [2.24, 2.45) is 5.92 Å². The Morgan fingerprint density at radius 3 is 2.52 bits per heavy atom. The Kier molecular flexibility index (Phi) is 7.31. The zero-order valence-electron chi connectivity index (χ0n) is 17.3. The molecule has 3 rings (SSSR count). The summed E-state index contributed by atoms with van der Waals surface area (Å²) in [4.78, 5) is 17.5. The van der Waals surface area contributed by atoms with Crippen molar-refractivity contribution < 1.29 is 4.79 Å². The molecule has 1 saturated carbocycles. The predicted molar refractivity (Wildman–Crippen MR) is 112 cm³/mol. The third-order valence-electron chi connectivity index (χ3n) is 6.69. The van der Waals surface area contributed by atoms with Gasteiger partial charge in [0.05, 0.1) is 0 Å². The van der Waals surface area contributed by atoms with E-state index in [1.807, 2.05) is 0 Å². The minimum absolute atomic E-state index is 0.154. The summed E-state index contributed by atoms with van der Waals surface area (Å²) in [6, 6.07) is 10.6. The van der Waals surface area contributed by atoms with Crippen molar-refractivity contribution in [2.45, 2.75) is 63.5 Å². The van der Waals surface area contributed by atoms with Gasteiger partial charge in [-0.1, -0.05) is 56.0 Å². The third kappa shape index (κ3) is 5.79. The maximum Gasteiger partial charge on any atom is 0.220 e. The molecule has 0 spiro atoms. The van der Waals surface area contributed by atoms with Crippen molar-refractivity contribution >= 4 is 5.91 Å². The molecule has 2 fully saturated rings. The highest BCUT2D eigenvalue weighted by Gasteiger charge is 2.34. The fourth-order valence-electron chi connectivity index (χ4n) is 4.83. The molecule has 4 heteroatoms. The number of carbonyl (C=O) groups excluding carboxylic acids is 1. The van der Waals surface area contributed by atoms with Crippen LogP contribution in [0.5, 0.6) is 0 Å². The average molecular weight is 372 g/mol. The molecule has 1 amide bonds. The molecule has 1 saturated heterocycles. The lowest BCUT2D eigenvalue weighted by Crippen LogP contribution is -2.52. The van der Waals surface area contributed by atoms with Crippen LogP contribution in [0, 0.1) is 5.92 Å². The summed E-state index contributed by atoms with van der Waals surface area (Å²) < 4.78 is 0. The SMILES string of the molecule is CN(C)C1(CNC(=O)C[C@@H]2CCN(Cc3ccccc3)C2)CCCCCC1. The van der Waals surface area contributed by atoms with Crippen molar-refractivity contribution in [1.29, 1.82) is 0 Å². The van der Waals surface area contributed by atoms with Crippen molar-refractivity contribution in [1.82, 2.24) is 15.1 Å². The van der Waals surface area contributed by atoms with Crippen LogP contribution < -0.4 is 5.32 Å². The van der Waals surface area contributed by atoms with Crippen LogP contribution in [0.1, 0.15) is 56.9 Å². The Labute approximate surface area is 165 Å². The fourth-order valence-corrected chi connectivity index (χ4v) is 4.83. The summed E-state index contributed by atoms with van der Waals surface area (Å²) in [6.45, 7) is 3.96. The van der Waals surface area contributed by atoms with Gasteiger partial charge in [-0.3, -0.25) is 9.69 Å². The minimum Gasteiger partial charge on any atom is -0.354 e. The molecule has 1 aliphatic heterocycles. The number of carbonyl (C=O) groups is 1. The van der Waals surface area contributed by atoms with Crippen LogP contribution in [0.3, 0.4) is 0 Å². The quantitative estimate of drug-likeness (QED) is 0.743. The molecule has 0 aromatic heterocycles. The van der Waals surface area contributed by atoms with Crippen molar-refractivity contribution in [2.75, 3.05) is 33.7 Å². The fraction of sp³-hybridized carbons (Fsp3) is 0.696. The Morgan fingerprint density at radius 1 is 1.15 bits per heavy atom. The summed E-state index contributed by atoms with van der Waals surface area (Å²) in [5.74, 6) is 0.741. The lowest BCUT2D eigenvalue weighted by Gasteiger charge is -2.39. The van der Waals surface area contributed by atoms with E-state index in [4.69, 9.17) is 0 Å². The molecule has 1 aromatic carbocycles. The molecular weight excluding hydrogens is 334 g/mol. The van der Waals surface area contributed by atoms with E-state index in [-0.39, 0.29) is 11.4 Å². The summed E-state index contributed by atoms with van der Waals surface area (Å²) in [7, 11) is 4.35. The molecule has 1 atom stereocenters. The maximum atomic E-state index is 12.6. The van der Waals surface area contributed by atoms with Crippen molar-refractivity contribution in [3.8, 4) is 0 Å². The van der Waals surface area contributed by atoms with Crippen LogP contribution in [0.4, 0.5) is 0 Å². The monoisotopic (exact) mass is 371 g/mol. The lowest BCUT2D eigenvalue weighted by atomic mass is 9.88. The van der Waals surface area contributed by atoms with Crippen LogP contribution in [0.15, 0.2) is 30.3 Å². The summed E-state index contributed by atoms with van der Waals surface area (Å²) in [5, 5.41) is 3.29. The highest BCUT2D eigenvalue weighted by Crippen LogP contribution is 2.30. The Hall–Kier alpha value is -1.39. The number of nitrogens with one attached hydrogen (secondary N) is 1. The van der Waals surface area contributed by atoms with Gasteiger partial charge in [0.2, 0.25) is 5.91 Å². The van der Waals surface area contributed by atoms with Gasteiger partial charge in [-0.05, 0) is 51.4 Å². The van der Waals surface area contributed by atoms with Gasteiger partial charge >= 0.3 is 0 Å². The predicted octanol–water partition coefficient (Wildman–Crippen LogP) is 3.67. The van der Waals surface area contributed by atoms with E-state index in [0.717, 1.165) is 32.6 Å². The molecule has 1 aliphatic carbocycles. The smallest absolute Gasteiger partial charge is 0.220 e. The average Bonchev–Trinajstić information content (AvgIpc) is 2.94. The number of hydrogen-bond donors (Lipinski definition) is 1. The highest BCUT2D eigenvalue weighted by atomic mass is 16.1. The number of amides is 1. The minimum atomic E-state index is 0.154. The van der Waals surface area contributed by atoms with Gasteiger partial charge in [0.1, 0.15) is 0 Å². The number of likely N-dealkylation sites (tertiary alicyclic amines) is 1. The van der Waals surface area contributed by atoms with Gasteiger partial charge in [0, 0.05) is 31.6 Å². The highest BCUT2D eigenvalue weighted by molar-refractivity contribution is 5.76. The molecule has 27 heavy (non-hydrogen) atoms. The standard InChI is InChI=1S/C23H37N3O/c1-25(2)23(13-8-3-4-9-14-23)19-24-22(27)16-21-12-15-26(18-21)17-20-10-6-5-7-11-20/h5-7,10-11,21H,3-4,8-9,12-19H2,1-2H3,(H,24,27)/t21-/m0/s1. The van der Waals surface area contributed by atoms with E-state index in [0.29, 0.717) is 12.3 Å².